The summed E-state index contributed by atoms with van der Waals surface area (Å²) in [6.45, 7) is 2.00. The zero-order chi connectivity index (χ0) is 15.4. The third-order valence-corrected chi connectivity index (χ3v) is 3.79. The summed E-state index contributed by atoms with van der Waals surface area (Å²) in [6, 6.07) is 3.50. The van der Waals surface area contributed by atoms with Gasteiger partial charge in [0, 0.05) is 13.3 Å². The first-order chi connectivity index (χ1) is 10.1. The Hall–Kier alpha value is -1.92. The summed E-state index contributed by atoms with van der Waals surface area (Å²) in [6.07, 6.45) is 3.46. The number of aryl methyl sites for hydroxylation is 1. The van der Waals surface area contributed by atoms with Crippen LogP contribution in [0.2, 0.25) is 0 Å². The Balaban J connectivity index is 2.33. The lowest BCUT2D eigenvalue weighted by Crippen LogP contribution is -2.29. The number of methoxy groups -OCH3 is 2. The largest absolute Gasteiger partial charge is 0.504 e. The number of amides is 1. The van der Waals surface area contributed by atoms with Crippen LogP contribution in [0.1, 0.15) is 11.1 Å². The molecule has 0 bridgehead atoms. The predicted molar refractivity (Wildman–Crippen MR) is 82.8 cm³/mol. The smallest absolute Gasteiger partial charge is 0.266 e. The Morgan fingerprint density at radius 2 is 2.14 bits per heavy atom. The molecule has 1 aliphatic heterocycles. The fraction of sp³-hybridized carbons (Fsp3) is 0.267. The number of nitrogens with zero attached hydrogens (tertiary/aromatic N) is 1. The van der Waals surface area contributed by atoms with E-state index in [-0.39, 0.29) is 18.4 Å². The van der Waals surface area contributed by atoms with Crippen molar-refractivity contribution in [2.24, 2.45) is 0 Å². The molecule has 0 unspecified atom stereocenters. The molecule has 1 heterocycles. The first-order valence-corrected chi connectivity index (χ1v) is 7.17. The molecule has 0 saturated heterocycles. The van der Waals surface area contributed by atoms with Crippen LogP contribution in [0, 0.1) is 6.92 Å². The highest BCUT2D eigenvalue weighted by atomic mass is 32.2. The molecule has 6 heteroatoms. The van der Waals surface area contributed by atoms with Gasteiger partial charge in [0.05, 0.1) is 12.0 Å². The second kappa shape index (κ2) is 6.69. The Labute approximate surface area is 127 Å². The van der Waals surface area contributed by atoms with E-state index in [2.05, 4.69) is 0 Å². The Morgan fingerprint density at radius 1 is 1.38 bits per heavy atom. The summed E-state index contributed by atoms with van der Waals surface area (Å²) in [4.78, 5) is 14.3. The van der Waals surface area contributed by atoms with Crippen LogP contribution < -0.4 is 4.74 Å². The quantitative estimate of drug-likeness (QED) is 0.867. The predicted octanol–water partition coefficient (Wildman–Crippen LogP) is 2.70. The first-order valence-electron chi connectivity index (χ1n) is 6.29. The standard InChI is InChI=1S/C15H17NO4S/c1-10-6-11(7-12(20-3)14(10)17)8-13-15(18)16(9-19-2)4-5-21-13/h4-8,17H,9H2,1-3H3/b13-8-. The second-order valence-electron chi connectivity index (χ2n) is 4.49. The molecule has 1 N–H and O–H groups in total. The first kappa shape index (κ1) is 15.5. The van der Waals surface area contributed by atoms with Crippen molar-refractivity contribution in [2.75, 3.05) is 21.0 Å². The van der Waals surface area contributed by atoms with E-state index in [1.807, 2.05) is 5.41 Å². The van der Waals surface area contributed by atoms with Gasteiger partial charge in [0.25, 0.3) is 5.91 Å². The lowest BCUT2D eigenvalue weighted by molar-refractivity contribution is -0.127. The SMILES string of the molecule is COCN1C=CS/C(=C\c2cc(C)c(O)c(OC)c2)C1=O. The zero-order valence-electron chi connectivity index (χ0n) is 12.1. The van der Waals surface area contributed by atoms with Gasteiger partial charge < -0.3 is 14.6 Å². The molecule has 0 saturated carbocycles. The highest BCUT2D eigenvalue weighted by Crippen LogP contribution is 2.33. The summed E-state index contributed by atoms with van der Waals surface area (Å²) in [5, 5.41) is 11.7. The number of carbonyl (C=O) groups is 1. The number of hydrogen-bond donors (Lipinski definition) is 1. The Kier molecular flexibility index (Phi) is 4.93. The number of carbonyl (C=O) groups excluding carboxylic acids is 1. The molecule has 0 radical (unpaired) electrons. The van der Waals surface area contributed by atoms with Crippen molar-refractivity contribution in [3.05, 3.63) is 39.8 Å². The second-order valence-corrected chi connectivity index (χ2v) is 5.44. The van der Waals surface area contributed by atoms with Gasteiger partial charge in [-0.3, -0.25) is 9.69 Å². The summed E-state index contributed by atoms with van der Waals surface area (Å²) in [5.74, 6) is 0.386. The normalized spacial score (nSPS) is 16.6. The Morgan fingerprint density at radius 3 is 2.81 bits per heavy atom. The van der Waals surface area contributed by atoms with Crippen LogP contribution in [-0.4, -0.2) is 36.9 Å². The minimum atomic E-state index is -0.117. The third-order valence-electron chi connectivity index (χ3n) is 2.98. The number of thioether (sulfide) groups is 1. The third kappa shape index (κ3) is 3.40. The number of hydrogen-bond acceptors (Lipinski definition) is 5. The molecular formula is C15H17NO4S. The summed E-state index contributed by atoms with van der Waals surface area (Å²) >= 11 is 1.35. The van der Waals surface area contributed by atoms with E-state index in [9.17, 15) is 9.90 Å². The van der Waals surface area contributed by atoms with Crippen molar-refractivity contribution in [1.29, 1.82) is 0 Å². The van der Waals surface area contributed by atoms with Gasteiger partial charge in [0.2, 0.25) is 0 Å². The number of rotatable bonds is 4. The van der Waals surface area contributed by atoms with E-state index >= 15 is 0 Å². The molecule has 0 fully saturated rings. The van der Waals surface area contributed by atoms with Gasteiger partial charge in [0.1, 0.15) is 6.73 Å². The minimum absolute atomic E-state index is 0.114. The molecular weight excluding hydrogens is 290 g/mol. The number of aromatic hydroxyl groups is 1. The number of benzene rings is 1. The lowest BCUT2D eigenvalue weighted by Gasteiger charge is -2.21. The molecule has 1 amide bonds. The van der Waals surface area contributed by atoms with E-state index in [0.717, 1.165) is 5.56 Å². The maximum Gasteiger partial charge on any atom is 0.266 e. The van der Waals surface area contributed by atoms with E-state index in [0.29, 0.717) is 16.2 Å². The average Bonchev–Trinajstić information content (AvgIpc) is 2.47. The molecule has 5 nitrogen and oxygen atoms in total. The highest BCUT2D eigenvalue weighted by molar-refractivity contribution is 8.06. The van der Waals surface area contributed by atoms with Gasteiger partial charge in [0.15, 0.2) is 11.5 Å². The van der Waals surface area contributed by atoms with Crippen molar-refractivity contribution in [3.63, 3.8) is 0 Å². The molecule has 0 aliphatic carbocycles. The van der Waals surface area contributed by atoms with Gasteiger partial charge >= 0.3 is 0 Å². The fourth-order valence-corrected chi connectivity index (χ4v) is 2.71. The highest BCUT2D eigenvalue weighted by Gasteiger charge is 2.20. The van der Waals surface area contributed by atoms with Gasteiger partial charge in [-0.05, 0) is 41.7 Å². The van der Waals surface area contributed by atoms with E-state index in [4.69, 9.17) is 9.47 Å². The summed E-state index contributed by atoms with van der Waals surface area (Å²) < 4.78 is 10.1. The van der Waals surface area contributed by atoms with Crippen LogP contribution in [0.5, 0.6) is 11.5 Å². The van der Waals surface area contributed by atoms with Gasteiger partial charge in [-0.1, -0.05) is 11.8 Å². The van der Waals surface area contributed by atoms with Gasteiger partial charge in [-0.25, -0.2) is 0 Å². The van der Waals surface area contributed by atoms with E-state index in [1.165, 1.54) is 23.8 Å². The molecule has 0 spiro atoms. The van der Waals surface area contributed by atoms with Crippen molar-refractivity contribution < 1.29 is 19.4 Å². The van der Waals surface area contributed by atoms with Crippen LogP contribution in [-0.2, 0) is 9.53 Å². The van der Waals surface area contributed by atoms with E-state index in [1.54, 1.807) is 38.4 Å². The molecule has 1 aromatic carbocycles. The maximum absolute atomic E-state index is 12.3. The van der Waals surface area contributed by atoms with Crippen LogP contribution in [0.25, 0.3) is 6.08 Å². The lowest BCUT2D eigenvalue weighted by atomic mass is 10.1. The number of ether oxygens (including phenoxy) is 2. The van der Waals surface area contributed by atoms with Crippen molar-refractivity contribution in [2.45, 2.75) is 6.92 Å². The molecule has 0 aromatic heterocycles. The van der Waals surface area contributed by atoms with Gasteiger partial charge in [-0.2, -0.15) is 0 Å². The molecule has 1 aromatic rings. The van der Waals surface area contributed by atoms with Gasteiger partial charge in [-0.15, -0.1) is 0 Å². The zero-order valence-corrected chi connectivity index (χ0v) is 12.9. The van der Waals surface area contributed by atoms with Crippen LogP contribution in [0.15, 0.2) is 28.6 Å². The molecule has 1 aliphatic rings. The van der Waals surface area contributed by atoms with Crippen LogP contribution in [0.3, 0.4) is 0 Å². The monoisotopic (exact) mass is 307 g/mol. The minimum Gasteiger partial charge on any atom is -0.504 e. The van der Waals surface area contributed by atoms with Crippen molar-refractivity contribution >= 4 is 23.7 Å². The average molecular weight is 307 g/mol. The van der Waals surface area contributed by atoms with Crippen molar-refractivity contribution in [3.8, 4) is 11.5 Å². The van der Waals surface area contributed by atoms with E-state index < -0.39 is 0 Å². The van der Waals surface area contributed by atoms with Crippen LogP contribution >= 0.6 is 11.8 Å². The van der Waals surface area contributed by atoms with Crippen LogP contribution in [0.4, 0.5) is 0 Å². The topological polar surface area (TPSA) is 59.0 Å². The molecule has 0 atom stereocenters. The molecule has 2 rings (SSSR count). The van der Waals surface area contributed by atoms with Crippen molar-refractivity contribution in [1.82, 2.24) is 4.90 Å². The maximum atomic E-state index is 12.3. The summed E-state index contributed by atoms with van der Waals surface area (Å²) in [5.41, 5.74) is 1.49. The fourth-order valence-electron chi connectivity index (χ4n) is 1.94. The summed E-state index contributed by atoms with van der Waals surface area (Å²) in [7, 11) is 3.04. The Bertz CT molecular complexity index is 610. The number of phenols is 1. The molecule has 21 heavy (non-hydrogen) atoms. The number of phenolic OH excluding ortho intramolecular Hbond substituents is 1. The molecule has 112 valence electrons.